The Hall–Kier alpha value is -1.20. The highest BCUT2D eigenvalue weighted by atomic mass is 19.3. The summed E-state index contributed by atoms with van der Waals surface area (Å²) < 4.78 is 88.4. The Kier molecular flexibility index (Phi) is 8.25. The van der Waals surface area contributed by atoms with Crippen molar-refractivity contribution in [1.29, 1.82) is 0 Å². The summed E-state index contributed by atoms with van der Waals surface area (Å²) in [7, 11) is 0. The molecular formula is C26H36F6. The Balaban J connectivity index is 1.59. The second-order valence-electron chi connectivity index (χ2n) is 10.1. The van der Waals surface area contributed by atoms with E-state index in [4.69, 9.17) is 0 Å². The zero-order chi connectivity index (χ0) is 23.5. The summed E-state index contributed by atoms with van der Waals surface area (Å²) in [5, 5.41) is 0. The Morgan fingerprint density at radius 1 is 0.750 bits per heavy atom. The van der Waals surface area contributed by atoms with Crippen LogP contribution in [0.1, 0.15) is 101 Å². The lowest BCUT2D eigenvalue weighted by molar-refractivity contribution is -0.269. The van der Waals surface area contributed by atoms with Crippen LogP contribution in [0.25, 0.3) is 0 Å². The predicted octanol–water partition coefficient (Wildman–Crippen LogP) is 9.20. The van der Waals surface area contributed by atoms with Crippen molar-refractivity contribution >= 4 is 0 Å². The largest absolute Gasteiger partial charge is 0.313 e. The second-order valence-corrected chi connectivity index (χ2v) is 10.1. The van der Waals surface area contributed by atoms with Gasteiger partial charge in [0.05, 0.1) is 0 Å². The molecule has 1 aromatic rings. The number of hydrogen-bond donors (Lipinski definition) is 0. The van der Waals surface area contributed by atoms with Gasteiger partial charge in [0.1, 0.15) is 0 Å². The molecule has 3 rings (SSSR count). The lowest BCUT2D eigenvalue weighted by Crippen LogP contribution is -2.52. The van der Waals surface area contributed by atoms with Gasteiger partial charge in [-0.15, -0.1) is 0 Å². The van der Waals surface area contributed by atoms with E-state index in [1.807, 2.05) is 0 Å². The summed E-state index contributed by atoms with van der Waals surface area (Å²) in [5.41, 5.74) is 0.356. The highest BCUT2D eigenvalue weighted by Crippen LogP contribution is 2.54. The Morgan fingerprint density at radius 2 is 1.28 bits per heavy atom. The minimum absolute atomic E-state index is 0.103. The minimum atomic E-state index is -4.07. The lowest BCUT2D eigenvalue weighted by Gasteiger charge is -2.42. The van der Waals surface area contributed by atoms with Crippen molar-refractivity contribution in [2.45, 2.75) is 109 Å². The molecule has 0 aliphatic heterocycles. The standard InChI is InChI=1S/C26H36F6/c1-3-4-5-6-18-8-12-20(13-9-18)25(29,30)26(31,32)21-14-10-19(11-15-21)22-16-7-17(2)23(27)24(22)28/h7,16,18-21H,3-6,8-15H2,1-2H3. The first-order valence-electron chi connectivity index (χ1n) is 12.3. The van der Waals surface area contributed by atoms with E-state index in [1.54, 1.807) is 0 Å². The molecule has 0 unspecified atom stereocenters. The van der Waals surface area contributed by atoms with Crippen LogP contribution in [0, 0.1) is 36.3 Å². The number of unbranched alkanes of at least 4 members (excludes halogenated alkanes) is 2. The maximum atomic E-state index is 15.1. The number of alkyl halides is 4. The summed E-state index contributed by atoms with van der Waals surface area (Å²) in [5.74, 6) is -12.7. The molecule has 0 nitrogen and oxygen atoms in total. The highest BCUT2D eigenvalue weighted by molar-refractivity contribution is 5.28. The molecule has 0 spiro atoms. The van der Waals surface area contributed by atoms with Crippen molar-refractivity contribution in [3.05, 3.63) is 34.9 Å². The molecule has 2 aliphatic rings. The van der Waals surface area contributed by atoms with Crippen LogP contribution in [-0.2, 0) is 0 Å². The van der Waals surface area contributed by atoms with Gasteiger partial charge in [0, 0.05) is 11.8 Å². The van der Waals surface area contributed by atoms with E-state index in [2.05, 4.69) is 6.92 Å². The predicted molar refractivity (Wildman–Crippen MR) is 115 cm³/mol. The van der Waals surface area contributed by atoms with E-state index in [0.717, 1.165) is 25.7 Å². The summed E-state index contributed by atoms with van der Waals surface area (Å²) in [6.07, 6.45) is 5.95. The van der Waals surface area contributed by atoms with Crippen LogP contribution in [0.3, 0.4) is 0 Å². The highest BCUT2D eigenvalue weighted by Gasteiger charge is 2.64. The molecule has 6 heteroatoms. The van der Waals surface area contributed by atoms with Crippen LogP contribution in [0.4, 0.5) is 26.3 Å². The van der Waals surface area contributed by atoms with Gasteiger partial charge in [-0.2, -0.15) is 17.6 Å². The Labute approximate surface area is 188 Å². The maximum Gasteiger partial charge on any atom is 0.313 e. The van der Waals surface area contributed by atoms with E-state index in [0.29, 0.717) is 18.8 Å². The molecule has 0 N–H and O–H groups in total. The fraction of sp³-hybridized carbons (Fsp3) is 0.769. The van der Waals surface area contributed by atoms with Crippen molar-refractivity contribution in [1.82, 2.24) is 0 Å². The van der Waals surface area contributed by atoms with E-state index >= 15 is 17.6 Å². The quantitative estimate of drug-likeness (QED) is 0.267. The second kappa shape index (κ2) is 10.4. The molecule has 1 aromatic carbocycles. The first-order chi connectivity index (χ1) is 15.1. The summed E-state index contributed by atoms with van der Waals surface area (Å²) in [6, 6.07) is 2.96. The van der Waals surface area contributed by atoms with Gasteiger partial charge in [-0.1, -0.05) is 44.7 Å². The van der Waals surface area contributed by atoms with E-state index in [9.17, 15) is 8.78 Å². The van der Waals surface area contributed by atoms with Crippen LogP contribution >= 0.6 is 0 Å². The smallest absolute Gasteiger partial charge is 0.203 e. The topological polar surface area (TPSA) is 0 Å². The zero-order valence-electron chi connectivity index (χ0n) is 19.2. The SMILES string of the molecule is CCCCCC1CCC(C(F)(F)C(F)(F)C2CCC(c3ccc(C)c(F)c3F)CC2)CC1. The van der Waals surface area contributed by atoms with Crippen LogP contribution in [0.5, 0.6) is 0 Å². The molecule has 2 fully saturated rings. The summed E-state index contributed by atoms with van der Waals surface area (Å²) in [4.78, 5) is 0. The molecule has 0 atom stereocenters. The third-order valence-electron chi connectivity index (χ3n) is 8.00. The van der Waals surface area contributed by atoms with Crippen molar-refractivity contribution in [2.75, 3.05) is 0 Å². The number of rotatable bonds is 8. The van der Waals surface area contributed by atoms with Crippen molar-refractivity contribution in [2.24, 2.45) is 17.8 Å². The van der Waals surface area contributed by atoms with Gasteiger partial charge < -0.3 is 0 Å². The van der Waals surface area contributed by atoms with Crippen LogP contribution < -0.4 is 0 Å². The Morgan fingerprint density at radius 3 is 1.81 bits per heavy atom. The molecule has 0 radical (unpaired) electrons. The molecule has 0 heterocycles. The maximum absolute atomic E-state index is 15.1. The molecule has 182 valence electrons. The molecule has 0 saturated heterocycles. The number of benzene rings is 1. The van der Waals surface area contributed by atoms with Crippen LogP contribution in [0.15, 0.2) is 12.1 Å². The average Bonchev–Trinajstić information content (AvgIpc) is 2.78. The van der Waals surface area contributed by atoms with Gasteiger partial charge in [-0.3, -0.25) is 0 Å². The average molecular weight is 463 g/mol. The first kappa shape index (κ1) is 25.4. The monoisotopic (exact) mass is 462 g/mol. The number of halogens is 6. The van der Waals surface area contributed by atoms with Crippen LogP contribution in [-0.4, -0.2) is 11.8 Å². The third-order valence-corrected chi connectivity index (χ3v) is 8.00. The molecule has 2 saturated carbocycles. The van der Waals surface area contributed by atoms with Gasteiger partial charge >= 0.3 is 11.8 Å². The number of hydrogen-bond acceptors (Lipinski definition) is 0. The molecule has 32 heavy (non-hydrogen) atoms. The summed E-state index contributed by atoms with van der Waals surface area (Å²) in [6.45, 7) is 3.57. The molecular weight excluding hydrogens is 426 g/mol. The van der Waals surface area contributed by atoms with E-state index < -0.39 is 41.2 Å². The van der Waals surface area contributed by atoms with Gasteiger partial charge in [0.2, 0.25) is 0 Å². The van der Waals surface area contributed by atoms with E-state index in [1.165, 1.54) is 19.1 Å². The van der Waals surface area contributed by atoms with Gasteiger partial charge in [0.25, 0.3) is 0 Å². The number of aryl methyl sites for hydroxylation is 1. The molecule has 0 bridgehead atoms. The van der Waals surface area contributed by atoms with Crippen molar-refractivity contribution < 1.29 is 26.3 Å². The zero-order valence-corrected chi connectivity index (χ0v) is 19.2. The molecule has 0 amide bonds. The molecule has 2 aliphatic carbocycles. The summed E-state index contributed by atoms with van der Waals surface area (Å²) >= 11 is 0. The van der Waals surface area contributed by atoms with Gasteiger partial charge in [0.15, 0.2) is 11.6 Å². The van der Waals surface area contributed by atoms with Gasteiger partial charge in [-0.25, -0.2) is 8.78 Å². The van der Waals surface area contributed by atoms with Crippen molar-refractivity contribution in [3.8, 4) is 0 Å². The first-order valence-corrected chi connectivity index (χ1v) is 12.3. The van der Waals surface area contributed by atoms with E-state index in [-0.39, 0.29) is 49.7 Å². The third kappa shape index (κ3) is 5.14. The molecule has 0 aromatic heterocycles. The Bertz CT molecular complexity index is 743. The lowest BCUT2D eigenvalue weighted by atomic mass is 9.70. The van der Waals surface area contributed by atoms with Gasteiger partial charge in [-0.05, 0) is 81.3 Å². The fourth-order valence-corrected chi connectivity index (χ4v) is 5.78. The fourth-order valence-electron chi connectivity index (χ4n) is 5.78. The minimum Gasteiger partial charge on any atom is -0.203 e. The van der Waals surface area contributed by atoms with Crippen molar-refractivity contribution in [3.63, 3.8) is 0 Å². The normalized spacial score (nSPS) is 27.5. The van der Waals surface area contributed by atoms with Crippen LogP contribution in [0.2, 0.25) is 0 Å².